The fourth-order valence-electron chi connectivity index (χ4n) is 0.847. The molecule has 0 amide bonds. The normalized spacial score (nSPS) is 9.85. The topological polar surface area (TPSA) is 18.5 Å². The second-order valence-electron chi connectivity index (χ2n) is 2.61. The summed E-state index contributed by atoms with van der Waals surface area (Å²) in [5.41, 5.74) is 3.06. The molecule has 0 fully saturated rings. The fourth-order valence-corrected chi connectivity index (χ4v) is 0.847. The molecule has 2 nitrogen and oxygen atoms in total. The lowest BCUT2D eigenvalue weighted by Gasteiger charge is -2.10. The Balaban J connectivity index is 3.84. The third kappa shape index (κ3) is 7.79. The van der Waals surface area contributed by atoms with Gasteiger partial charge in [-0.05, 0) is 26.3 Å². The van der Waals surface area contributed by atoms with Crippen LogP contribution in [0, 0.1) is 0 Å². The maximum absolute atomic E-state index is 5.30. The van der Waals surface area contributed by atoms with Gasteiger partial charge in [-0.25, -0.2) is 0 Å². The van der Waals surface area contributed by atoms with E-state index in [0.29, 0.717) is 13.2 Å². The van der Waals surface area contributed by atoms with Crippen LogP contribution in [0.25, 0.3) is 0 Å². The van der Waals surface area contributed by atoms with Crippen LogP contribution in [0.5, 0.6) is 0 Å². The Hall–Kier alpha value is -0.560. The summed E-state index contributed by atoms with van der Waals surface area (Å²) in [6, 6.07) is 0. The molecule has 0 aromatic heterocycles. The van der Waals surface area contributed by atoms with Gasteiger partial charge in [0.05, 0.1) is 0 Å². The molecule has 0 rings (SSSR count). The quantitative estimate of drug-likeness (QED) is 0.447. The third-order valence-electron chi connectivity index (χ3n) is 1.45. The van der Waals surface area contributed by atoms with E-state index in [4.69, 9.17) is 9.47 Å². The molecule has 13 heavy (non-hydrogen) atoms. The molecule has 76 valence electrons. The highest BCUT2D eigenvalue weighted by Crippen LogP contribution is 1.96. The SMILES string of the molecule is CCCC=C=CC(OCC)OCC. The van der Waals surface area contributed by atoms with Gasteiger partial charge in [0.15, 0.2) is 6.29 Å². The zero-order valence-electron chi connectivity index (χ0n) is 8.88. The lowest BCUT2D eigenvalue weighted by molar-refractivity contribution is -0.103. The van der Waals surface area contributed by atoms with Crippen molar-refractivity contribution < 1.29 is 9.47 Å². The van der Waals surface area contributed by atoms with Crippen molar-refractivity contribution in [2.75, 3.05) is 13.2 Å². The van der Waals surface area contributed by atoms with Crippen LogP contribution in [0.2, 0.25) is 0 Å². The van der Waals surface area contributed by atoms with Crippen LogP contribution in [0.1, 0.15) is 33.6 Å². The average Bonchev–Trinajstić information content (AvgIpc) is 2.13. The molecule has 0 aliphatic carbocycles. The molecule has 0 bridgehead atoms. The minimum absolute atomic E-state index is 0.233. The van der Waals surface area contributed by atoms with Crippen molar-refractivity contribution in [2.45, 2.75) is 39.9 Å². The van der Waals surface area contributed by atoms with Crippen LogP contribution in [0.3, 0.4) is 0 Å². The summed E-state index contributed by atoms with van der Waals surface area (Å²) in [6.45, 7) is 7.37. The molecule has 0 aromatic rings. The molecule has 0 radical (unpaired) electrons. The van der Waals surface area contributed by atoms with Gasteiger partial charge in [0, 0.05) is 19.3 Å². The molecule has 0 aliphatic heterocycles. The second kappa shape index (κ2) is 9.53. The van der Waals surface area contributed by atoms with Gasteiger partial charge in [-0.3, -0.25) is 0 Å². The average molecular weight is 184 g/mol. The molecule has 0 saturated heterocycles. The van der Waals surface area contributed by atoms with E-state index in [1.807, 2.05) is 26.0 Å². The number of hydrogen-bond donors (Lipinski definition) is 0. The summed E-state index contributed by atoms with van der Waals surface area (Å²) in [7, 11) is 0. The fraction of sp³-hybridized carbons (Fsp3) is 0.727. The lowest BCUT2D eigenvalue weighted by atomic mass is 10.3. The van der Waals surface area contributed by atoms with E-state index in [1.54, 1.807) is 0 Å². The number of rotatable bonds is 7. The number of unbranched alkanes of at least 4 members (excludes halogenated alkanes) is 1. The molecule has 0 aromatic carbocycles. The van der Waals surface area contributed by atoms with Crippen LogP contribution in [-0.4, -0.2) is 19.5 Å². The van der Waals surface area contributed by atoms with E-state index in [9.17, 15) is 0 Å². The Labute approximate surface area is 81.2 Å². The zero-order valence-corrected chi connectivity index (χ0v) is 8.88. The van der Waals surface area contributed by atoms with E-state index in [2.05, 4.69) is 12.7 Å². The molecular weight excluding hydrogens is 164 g/mol. The zero-order chi connectivity index (χ0) is 9.94. The first-order chi connectivity index (χ1) is 6.35. The van der Waals surface area contributed by atoms with Gasteiger partial charge < -0.3 is 9.47 Å². The molecule has 0 aliphatic rings. The largest absolute Gasteiger partial charge is 0.349 e. The van der Waals surface area contributed by atoms with Gasteiger partial charge >= 0.3 is 0 Å². The summed E-state index contributed by atoms with van der Waals surface area (Å²) >= 11 is 0. The van der Waals surface area contributed by atoms with Gasteiger partial charge in [0.2, 0.25) is 0 Å². The van der Waals surface area contributed by atoms with Crippen molar-refractivity contribution in [1.29, 1.82) is 0 Å². The predicted octanol–water partition coefficient (Wildman–Crippen LogP) is 2.90. The Morgan fingerprint density at radius 1 is 1.15 bits per heavy atom. The summed E-state index contributed by atoms with van der Waals surface area (Å²) in [4.78, 5) is 0. The maximum atomic E-state index is 5.30. The first-order valence-electron chi connectivity index (χ1n) is 4.99. The molecular formula is C11H20O2. The van der Waals surface area contributed by atoms with E-state index >= 15 is 0 Å². The molecule has 0 N–H and O–H groups in total. The van der Waals surface area contributed by atoms with Gasteiger partial charge in [-0.15, -0.1) is 5.73 Å². The van der Waals surface area contributed by atoms with Gasteiger partial charge in [0.1, 0.15) is 0 Å². The summed E-state index contributed by atoms with van der Waals surface area (Å²) in [6.07, 6.45) is 5.80. The van der Waals surface area contributed by atoms with Crippen molar-refractivity contribution in [3.63, 3.8) is 0 Å². The Bertz CT molecular complexity index is 151. The van der Waals surface area contributed by atoms with Crippen LogP contribution in [-0.2, 0) is 9.47 Å². The highest BCUT2D eigenvalue weighted by atomic mass is 16.7. The lowest BCUT2D eigenvalue weighted by Crippen LogP contribution is -2.13. The molecule has 0 atom stereocenters. The summed E-state index contributed by atoms with van der Waals surface area (Å²) in [5, 5.41) is 0. The number of hydrogen-bond acceptors (Lipinski definition) is 2. The minimum atomic E-state index is -0.233. The van der Waals surface area contributed by atoms with Gasteiger partial charge in [-0.1, -0.05) is 13.3 Å². The number of ether oxygens (including phenoxy) is 2. The van der Waals surface area contributed by atoms with Crippen LogP contribution in [0.4, 0.5) is 0 Å². The highest BCUT2D eigenvalue weighted by molar-refractivity contribution is 4.87. The predicted molar refractivity (Wildman–Crippen MR) is 54.6 cm³/mol. The van der Waals surface area contributed by atoms with Crippen molar-refractivity contribution >= 4 is 0 Å². The molecule has 0 heterocycles. The van der Waals surface area contributed by atoms with Crippen molar-refractivity contribution in [1.82, 2.24) is 0 Å². The summed E-state index contributed by atoms with van der Waals surface area (Å²) in [5.74, 6) is 0. The molecule has 0 unspecified atom stereocenters. The van der Waals surface area contributed by atoms with Crippen molar-refractivity contribution in [3.05, 3.63) is 17.9 Å². The first kappa shape index (κ1) is 12.4. The monoisotopic (exact) mass is 184 g/mol. The molecule has 0 spiro atoms. The maximum Gasteiger partial charge on any atom is 0.184 e. The minimum Gasteiger partial charge on any atom is -0.349 e. The van der Waals surface area contributed by atoms with Gasteiger partial charge in [-0.2, -0.15) is 0 Å². The first-order valence-corrected chi connectivity index (χ1v) is 4.99. The molecule has 0 saturated carbocycles. The van der Waals surface area contributed by atoms with Crippen LogP contribution in [0.15, 0.2) is 17.9 Å². The Kier molecular flexibility index (Phi) is 9.12. The summed E-state index contributed by atoms with van der Waals surface area (Å²) < 4.78 is 10.6. The van der Waals surface area contributed by atoms with E-state index in [0.717, 1.165) is 12.8 Å². The van der Waals surface area contributed by atoms with E-state index in [1.165, 1.54) is 0 Å². The van der Waals surface area contributed by atoms with Crippen LogP contribution >= 0.6 is 0 Å². The highest BCUT2D eigenvalue weighted by Gasteiger charge is 1.99. The molecule has 2 heteroatoms. The van der Waals surface area contributed by atoms with Crippen molar-refractivity contribution in [3.8, 4) is 0 Å². The van der Waals surface area contributed by atoms with E-state index < -0.39 is 0 Å². The Morgan fingerprint density at radius 3 is 2.23 bits per heavy atom. The second-order valence-corrected chi connectivity index (χ2v) is 2.61. The van der Waals surface area contributed by atoms with Gasteiger partial charge in [0.25, 0.3) is 0 Å². The standard InChI is InChI=1S/C11H20O2/c1-4-7-8-9-10-11(12-5-2)13-6-3/h8,10-11H,4-7H2,1-3H3. The third-order valence-corrected chi connectivity index (χ3v) is 1.45. The Morgan fingerprint density at radius 2 is 1.77 bits per heavy atom. The smallest absolute Gasteiger partial charge is 0.184 e. The van der Waals surface area contributed by atoms with Crippen LogP contribution < -0.4 is 0 Å². The van der Waals surface area contributed by atoms with E-state index in [-0.39, 0.29) is 6.29 Å². The van der Waals surface area contributed by atoms with Crippen molar-refractivity contribution in [2.24, 2.45) is 0 Å².